The summed E-state index contributed by atoms with van der Waals surface area (Å²) in [6.07, 6.45) is 1.42. The molecule has 1 amide bonds. The number of rotatable bonds is 3. The standard InChI is InChI=1S/C21H17FN2O3/c1-13-18(11-14-4-5-15(22)12-19(14)23-13)21(26)27-17-8-6-16(7-9-17)24-10-2-3-20(24)25/h4-9,11-12H,2-3,10H2,1H3. The van der Waals surface area contributed by atoms with Crippen molar-refractivity contribution in [3.05, 3.63) is 65.6 Å². The molecule has 1 aromatic heterocycles. The van der Waals surface area contributed by atoms with E-state index in [0.29, 0.717) is 40.9 Å². The van der Waals surface area contributed by atoms with Crippen molar-refractivity contribution in [1.82, 2.24) is 4.98 Å². The molecule has 2 heterocycles. The number of carbonyl (C=O) groups is 2. The van der Waals surface area contributed by atoms with Crippen LogP contribution in [0.5, 0.6) is 5.75 Å². The van der Waals surface area contributed by atoms with Crippen LogP contribution >= 0.6 is 0 Å². The highest BCUT2D eigenvalue weighted by molar-refractivity contribution is 5.97. The first-order valence-corrected chi connectivity index (χ1v) is 8.71. The molecule has 136 valence electrons. The van der Waals surface area contributed by atoms with E-state index in [1.54, 1.807) is 48.2 Å². The lowest BCUT2D eigenvalue weighted by atomic mass is 10.1. The Morgan fingerprint density at radius 1 is 1.15 bits per heavy atom. The molecule has 27 heavy (non-hydrogen) atoms. The minimum Gasteiger partial charge on any atom is -0.423 e. The summed E-state index contributed by atoms with van der Waals surface area (Å²) < 4.78 is 18.8. The Labute approximate surface area is 155 Å². The second-order valence-electron chi connectivity index (χ2n) is 6.49. The van der Waals surface area contributed by atoms with Crippen LogP contribution in [-0.4, -0.2) is 23.4 Å². The van der Waals surface area contributed by atoms with Crippen molar-refractivity contribution in [1.29, 1.82) is 0 Å². The van der Waals surface area contributed by atoms with Crippen LogP contribution in [0.25, 0.3) is 10.9 Å². The summed E-state index contributed by atoms with van der Waals surface area (Å²) >= 11 is 0. The minimum atomic E-state index is -0.531. The van der Waals surface area contributed by atoms with Crippen LogP contribution in [0.1, 0.15) is 28.9 Å². The fourth-order valence-corrected chi connectivity index (χ4v) is 3.22. The maximum atomic E-state index is 13.3. The number of aryl methyl sites for hydroxylation is 1. The molecule has 1 aliphatic heterocycles. The third-order valence-corrected chi connectivity index (χ3v) is 4.62. The average Bonchev–Trinajstić information content (AvgIpc) is 3.07. The third kappa shape index (κ3) is 3.38. The number of pyridine rings is 1. The zero-order valence-electron chi connectivity index (χ0n) is 14.7. The molecule has 0 bridgehead atoms. The molecule has 0 aliphatic carbocycles. The zero-order valence-corrected chi connectivity index (χ0v) is 14.7. The number of aromatic nitrogens is 1. The Morgan fingerprint density at radius 3 is 2.63 bits per heavy atom. The third-order valence-electron chi connectivity index (χ3n) is 4.62. The number of ether oxygens (including phenoxy) is 1. The van der Waals surface area contributed by atoms with Gasteiger partial charge in [0.2, 0.25) is 5.91 Å². The van der Waals surface area contributed by atoms with E-state index < -0.39 is 5.97 Å². The van der Waals surface area contributed by atoms with E-state index in [9.17, 15) is 14.0 Å². The van der Waals surface area contributed by atoms with Gasteiger partial charge in [0.15, 0.2) is 0 Å². The van der Waals surface area contributed by atoms with E-state index in [1.807, 2.05) is 0 Å². The van der Waals surface area contributed by atoms with E-state index in [0.717, 1.165) is 12.1 Å². The monoisotopic (exact) mass is 364 g/mol. The van der Waals surface area contributed by atoms with Gasteiger partial charge in [-0.3, -0.25) is 9.78 Å². The van der Waals surface area contributed by atoms with E-state index in [-0.39, 0.29) is 11.7 Å². The zero-order chi connectivity index (χ0) is 19.0. The second kappa shape index (κ2) is 6.79. The number of benzene rings is 2. The lowest BCUT2D eigenvalue weighted by Crippen LogP contribution is -2.23. The molecule has 0 N–H and O–H groups in total. The van der Waals surface area contributed by atoms with Gasteiger partial charge in [0, 0.05) is 30.1 Å². The molecule has 1 saturated heterocycles. The van der Waals surface area contributed by atoms with Crippen LogP contribution in [0.3, 0.4) is 0 Å². The van der Waals surface area contributed by atoms with Gasteiger partial charge < -0.3 is 9.64 Å². The van der Waals surface area contributed by atoms with Gasteiger partial charge in [-0.1, -0.05) is 0 Å². The van der Waals surface area contributed by atoms with E-state index in [2.05, 4.69) is 4.98 Å². The van der Waals surface area contributed by atoms with Gasteiger partial charge in [0.25, 0.3) is 0 Å². The number of hydrogen-bond acceptors (Lipinski definition) is 4. The molecule has 6 heteroatoms. The maximum Gasteiger partial charge on any atom is 0.345 e. The first kappa shape index (κ1) is 17.1. The van der Waals surface area contributed by atoms with Gasteiger partial charge in [-0.05, 0) is 55.8 Å². The predicted octanol–water partition coefficient (Wildman–Crippen LogP) is 4.03. The summed E-state index contributed by atoms with van der Waals surface area (Å²) in [5, 5.41) is 0.664. The van der Waals surface area contributed by atoms with Crippen LogP contribution in [0.2, 0.25) is 0 Å². The SMILES string of the molecule is Cc1nc2cc(F)ccc2cc1C(=O)Oc1ccc(N2CCCC2=O)cc1. The molecule has 1 fully saturated rings. The van der Waals surface area contributed by atoms with E-state index in [1.165, 1.54) is 12.1 Å². The van der Waals surface area contributed by atoms with E-state index in [4.69, 9.17) is 4.74 Å². The van der Waals surface area contributed by atoms with Gasteiger partial charge in [0.1, 0.15) is 11.6 Å². The highest BCUT2D eigenvalue weighted by Gasteiger charge is 2.21. The fourth-order valence-electron chi connectivity index (χ4n) is 3.22. The Kier molecular flexibility index (Phi) is 4.32. The topological polar surface area (TPSA) is 59.5 Å². The minimum absolute atomic E-state index is 0.106. The van der Waals surface area contributed by atoms with Crippen molar-refractivity contribution < 1.29 is 18.7 Å². The Balaban J connectivity index is 1.55. The molecule has 0 radical (unpaired) electrons. The van der Waals surface area contributed by atoms with Crippen molar-refractivity contribution >= 4 is 28.5 Å². The first-order chi connectivity index (χ1) is 13.0. The van der Waals surface area contributed by atoms with Crippen molar-refractivity contribution in [2.45, 2.75) is 19.8 Å². The molecule has 1 aliphatic rings. The smallest absolute Gasteiger partial charge is 0.345 e. The summed E-state index contributed by atoms with van der Waals surface area (Å²) in [4.78, 5) is 30.3. The number of anilines is 1. The van der Waals surface area contributed by atoms with E-state index >= 15 is 0 Å². The maximum absolute atomic E-state index is 13.3. The number of hydrogen-bond donors (Lipinski definition) is 0. The van der Waals surface area contributed by atoms with Gasteiger partial charge in [0.05, 0.1) is 16.8 Å². The first-order valence-electron chi connectivity index (χ1n) is 8.71. The summed E-state index contributed by atoms with van der Waals surface area (Å²) in [6.45, 7) is 2.39. The molecule has 0 spiro atoms. The number of fused-ring (bicyclic) bond motifs is 1. The Morgan fingerprint density at radius 2 is 1.93 bits per heavy atom. The summed E-state index contributed by atoms with van der Waals surface area (Å²) in [5.74, 6) is -0.416. The van der Waals surface area contributed by atoms with Crippen LogP contribution in [0.4, 0.5) is 10.1 Å². The number of nitrogens with zero attached hydrogens (tertiary/aromatic N) is 2. The van der Waals surface area contributed by atoms with Crippen LogP contribution in [-0.2, 0) is 4.79 Å². The second-order valence-corrected chi connectivity index (χ2v) is 6.49. The lowest BCUT2D eigenvalue weighted by molar-refractivity contribution is -0.117. The van der Waals surface area contributed by atoms with Crippen LogP contribution in [0, 0.1) is 12.7 Å². The van der Waals surface area contributed by atoms with Crippen molar-refractivity contribution in [3.63, 3.8) is 0 Å². The molecule has 3 aromatic rings. The van der Waals surface area contributed by atoms with Crippen LogP contribution < -0.4 is 9.64 Å². The molecule has 2 aromatic carbocycles. The van der Waals surface area contributed by atoms with Gasteiger partial charge in [-0.15, -0.1) is 0 Å². The molecular formula is C21H17FN2O3. The summed E-state index contributed by atoms with van der Waals surface area (Å²) in [5.41, 5.74) is 2.08. The molecular weight excluding hydrogens is 347 g/mol. The van der Waals surface area contributed by atoms with Crippen molar-refractivity contribution in [2.75, 3.05) is 11.4 Å². The largest absolute Gasteiger partial charge is 0.423 e. The normalized spacial score (nSPS) is 14.0. The quantitative estimate of drug-likeness (QED) is 0.520. The average molecular weight is 364 g/mol. The molecule has 0 atom stereocenters. The van der Waals surface area contributed by atoms with Crippen molar-refractivity contribution in [2.24, 2.45) is 0 Å². The molecule has 4 rings (SSSR count). The number of amides is 1. The Bertz CT molecular complexity index is 1050. The lowest BCUT2D eigenvalue weighted by Gasteiger charge is -2.16. The molecule has 5 nitrogen and oxygen atoms in total. The van der Waals surface area contributed by atoms with Gasteiger partial charge in [-0.2, -0.15) is 0 Å². The van der Waals surface area contributed by atoms with Gasteiger partial charge in [-0.25, -0.2) is 9.18 Å². The highest BCUT2D eigenvalue weighted by atomic mass is 19.1. The van der Waals surface area contributed by atoms with Crippen molar-refractivity contribution in [3.8, 4) is 5.75 Å². The summed E-state index contributed by atoms with van der Waals surface area (Å²) in [7, 11) is 0. The molecule has 0 unspecified atom stereocenters. The number of carbonyl (C=O) groups excluding carboxylic acids is 2. The predicted molar refractivity (Wildman–Crippen MR) is 99.4 cm³/mol. The fraction of sp³-hybridized carbons (Fsp3) is 0.190. The number of halogens is 1. The highest BCUT2D eigenvalue weighted by Crippen LogP contribution is 2.25. The molecule has 0 saturated carbocycles. The Hall–Kier alpha value is -3.28. The van der Waals surface area contributed by atoms with Crippen LogP contribution in [0.15, 0.2) is 48.5 Å². The summed E-state index contributed by atoms with van der Waals surface area (Å²) in [6, 6.07) is 12.7. The number of esters is 1. The van der Waals surface area contributed by atoms with Gasteiger partial charge >= 0.3 is 5.97 Å².